The molecule has 6 nitrogen and oxygen atoms in total. The van der Waals surface area contributed by atoms with Crippen LogP contribution in [0.4, 0.5) is 4.39 Å². The van der Waals surface area contributed by atoms with Gasteiger partial charge in [0, 0.05) is 31.8 Å². The van der Waals surface area contributed by atoms with E-state index in [1.165, 1.54) is 10.4 Å². The van der Waals surface area contributed by atoms with Gasteiger partial charge in [0.25, 0.3) is 5.91 Å². The number of halogens is 1. The van der Waals surface area contributed by atoms with E-state index in [0.29, 0.717) is 26.2 Å². The van der Waals surface area contributed by atoms with Crippen molar-refractivity contribution in [3.8, 4) is 0 Å². The quantitative estimate of drug-likeness (QED) is 0.865. The smallest absolute Gasteiger partial charge is 0.251 e. The standard InChI is InChI=1S/C16H21FN2O4S/c17-14-5-4-13(9-15(14)24(21,22)19-6-2-7-19)16(20)18-10-12-3-1-8-23-11-12/h4-5,9,12H,1-3,6-8,10-11H2,(H,18,20)/t12-/m1/s1. The number of rotatable bonds is 5. The van der Waals surface area contributed by atoms with E-state index in [1.807, 2.05) is 0 Å². The molecule has 0 unspecified atom stereocenters. The maximum absolute atomic E-state index is 14.0. The number of nitrogens with zero attached hydrogens (tertiary/aromatic N) is 1. The lowest BCUT2D eigenvalue weighted by Crippen LogP contribution is -2.42. The number of ether oxygens (including phenoxy) is 1. The predicted octanol–water partition coefficient (Wildman–Crippen LogP) is 1.38. The maximum atomic E-state index is 14.0. The summed E-state index contributed by atoms with van der Waals surface area (Å²) in [6.45, 7) is 2.60. The molecule has 1 amide bonds. The Morgan fingerprint density at radius 2 is 2.12 bits per heavy atom. The Morgan fingerprint density at radius 3 is 2.75 bits per heavy atom. The van der Waals surface area contributed by atoms with Crippen molar-refractivity contribution in [3.05, 3.63) is 29.6 Å². The van der Waals surface area contributed by atoms with Crippen LogP contribution in [0.3, 0.4) is 0 Å². The molecule has 2 fully saturated rings. The number of sulfonamides is 1. The maximum Gasteiger partial charge on any atom is 0.251 e. The van der Waals surface area contributed by atoms with Gasteiger partial charge in [-0.25, -0.2) is 12.8 Å². The third-order valence-corrected chi connectivity index (χ3v) is 6.35. The van der Waals surface area contributed by atoms with Crippen molar-refractivity contribution in [1.82, 2.24) is 9.62 Å². The summed E-state index contributed by atoms with van der Waals surface area (Å²) in [7, 11) is -3.87. The molecule has 2 saturated heterocycles. The molecule has 2 aliphatic heterocycles. The Hall–Kier alpha value is -1.51. The van der Waals surface area contributed by atoms with E-state index in [0.717, 1.165) is 38.0 Å². The summed E-state index contributed by atoms with van der Waals surface area (Å²) in [6.07, 6.45) is 2.72. The van der Waals surface area contributed by atoms with Gasteiger partial charge in [0.15, 0.2) is 0 Å². The van der Waals surface area contributed by atoms with Crippen LogP contribution >= 0.6 is 0 Å². The molecular weight excluding hydrogens is 335 g/mol. The highest BCUT2D eigenvalue weighted by molar-refractivity contribution is 7.89. The lowest BCUT2D eigenvalue weighted by Gasteiger charge is -2.29. The summed E-state index contributed by atoms with van der Waals surface area (Å²) in [4.78, 5) is 11.8. The highest BCUT2D eigenvalue weighted by Gasteiger charge is 2.32. The van der Waals surface area contributed by atoms with Gasteiger partial charge in [-0.1, -0.05) is 0 Å². The van der Waals surface area contributed by atoms with Crippen LogP contribution in [0, 0.1) is 11.7 Å². The molecule has 2 aliphatic rings. The summed E-state index contributed by atoms with van der Waals surface area (Å²) < 4.78 is 45.3. The lowest BCUT2D eigenvalue weighted by atomic mass is 10.0. The number of hydrogen-bond donors (Lipinski definition) is 1. The molecule has 0 aliphatic carbocycles. The first kappa shape index (κ1) is 17.3. The van der Waals surface area contributed by atoms with Crippen LogP contribution in [0.1, 0.15) is 29.6 Å². The van der Waals surface area contributed by atoms with E-state index >= 15 is 0 Å². The fourth-order valence-corrected chi connectivity index (χ4v) is 4.42. The summed E-state index contributed by atoms with van der Waals surface area (Å²) in [5, 5.41) is 2.77. The van der Waals surface area contributed by atoms with Crippen LogP contribution in [0.25, 0.3) is 0 Å². The molecule has 1 atom stereocenters. The molecule has 0 aromatic heterocycles. The van der Waals surface area contributed by atoms with Gasteiger partial charge < -0.3 is 10.1 Å². The van der Waals surface area contributed by atoms with Crippen molar-refractivity contribution in [3.63, 3.8) is 0 Å². The Bertz CT molecular complexity index is 713. The molecule has 0 spiro atoms. The normalized spacial score (nSPS) is 22.0. The SMILES string of the molecule is O=C(NC[C@H]1CCCOC1)c1ccc(F)c(S(=O)(=O)N2CCC2)c1. The Balaban J connectivity index is 1.71. The predicted molar refractivity (Wildman–Crippen MR) is 85.7 cm³/mol. The first-order valence-electron chi connectivity index (χ1n) is 8.14. The van der Waals surface area contributed by atoms with Gasteiger partial charge in [-0.15, -0.1) is 0 Å². The summed E-state index contributed by atoms with van der Waals surface area (Å²) in [6, 6.07) is 3.46. The molecule has 0 bridgehead atoms. The van der Waals surface area contributed by atoms with Gasteiger partial charge in [0.1, 0.15) is 10.7 Å². The monoisotopic (exact) mass is 356 g/mol. The molecule has 0 saturated carbocycles. The Kier molecular flexibility index (Phi) is 5.17. The fourth-order valence-electron chi connectivity index (χ4n) is 2.82. The average molecular weight is 356 g/mol. The van der Waals surface area contributed by atoms with Crippen molar-refractivity contribution in [1.29, 1.82) is 0 Å². The van der Waals surface area contributed by atoms with Crippen LogP contribution in [-0.4, -0.2) is 51.5 Å². The average Bonchev–Trinajstić information content (AvgIpc) is 2.51. The minimum absolute atomic E-state index is 0.146. The second kappa shape index (κ2) is 7.16. The molecule has 0 radical (unpaired) electrons. The molecule has 24 heavy (non-hydrogen) atoms. The first-order valence-corrected chi connectivity index (χ1v) is 9.58. The molecule has 1 N–H and O–H groups in total. The topological polar surface area (TPSA) is 75.7 Å². The second-order valence-corrected chi connectivity index (χ2v) is 8.10. The van der Waals surface area contributed by atoms with Crippen molar-refractivity contribution in [2.75, 3.05) is 32.8 Å². The zero-order valence-corrected chi connectivity index (χ0v) is 14.1. The number of benzene rings is 1. The van der Waals surface area contributed by atoms with Crippen molar-refractivity contribution >= 4 is 15.9 Å². The van der Waals surface area contributed by atoms with E-state index in [2.05, 4.69) is 5.32 Å². The fraction of sp³-hybridized carbons (Fsp3) is 0.562. The van der Waals surface area contributed by atoms with Gasteiger partial charge in [-0.3, -0.25) is 4.79 Å². The zero-order valence-electron chi connectivity index (χ0n) is 13.3. The largest absolute Gasteiger partial charge is 0.381 e. The van der Waals surface area contributed by atoms with Crippen molar-refractivity contribution < 1.29 is 22.3 Å². The lowest BCUT2D eigenvalue weighted by molar-refractivity contribution is 0.0536. The summed E-state index contributed by atoms with van der Waals surface area (Å²) in [5.74, 6) is -0.979. The molecule has 2 heterocycles. The third kappa shape index (κ3) is 3.60. The van der Waals surface area contributed by atoms with Crippen LogP contribution in [0.2, 0.25) is 0 Å². The van der Waals surface area contributed by atoms with Crippen molar-refractivity contribution in [2.24, 2.45) is 5.92 Å². The van der Waals surface area contributed by atoms with Crippen molar-refractivity contribution in [2.45, 2.75) is 24.2 Å². The van der Waals surface area contributed by atoms with Gasteiger partial charge in [0.2, 0.25) is 10.0 Å². The minimum Gasteiger partial charge on any atom is -0.381 e. The minimum atomic E-state index is -3.87. The zero-order chi connectivity index (χ0) is 17.2. The van der Waals surface area contributed by atoms with E-state index in [4.69, 9.17) is 4.74 Å². The van der Waals surface area contributed by atoms with Crippen LogP contribution in [-0.2, 0) is 14.8 Å². The van der Waals surface area contributed by atoms with Crippen LogP contribution in [0.5, 0.6) is 0 Å². The van der Waals surface area contributed by atoms with Gasteiger partial charge in [-0.05, 0) is 43.4 Å². The molecule has 3 rings (SSSR count). The molecule has 8 heteroatoms. The molecule has 1 aromatic carbocycles. The second-order valence-electron chi connectivity index (χ2n) is 6.20. The highest BCUT2D eigenvalue weighted by Crippen LogP contribution is 2.24. The van der Waals surface area contributed by atoms with E-state index < -0.39 is 26.6 Å². The number of nitrogens with one attached hydrogen (secondary N) is 1. The van der Waals surface area contributed by atoms with Gasteiger partial charge in [-0.2, -0.15) is 4.31 Å². The number of carbonyl (C=O) groups is 1. The third-order valence-electron chi connectivity index (χ3n) is 4.43. The van der Waals surface area contributed by atoms with Crippen LogP contribution in [0.15, 0.2) is 23.1 Å². The Labute approximate surface area is 141 Å². The number of hydrogen-bond acceptors (Lipinski definition) is 4. The number of carbonyl (C=O) groups excluding carboxylic acids is 1. The molecular formula is C16H21FN2O4S. The first-order chi connectivity index (χ1) is 11.5. The van der Waals surface area contributed by atoms with E-state index in [9.17, 15) is 17.6 Å². The summed E-state index contributed by atoms with van der Waals surface area (Å²) in [5.41, 5.74) is 0.146. The molecule has 1 aromatic rings. The Morgan fingerprint density at radius 1 is 1.33 bits per heavy atom. The highest BCUT2D eigenvalue weighted by atomic mass is 32.2. The van der Waals surface area contributed by atoms with Gasteiger partial charge in [0.05, 0.1) is 6.61 Å². The van der Waals surface area contributed by atoms with E-state index in [-0.39, 0.29) is 11.5 Å². The molecule has 132 valence electrons. The van der Waals surface area contributed by atoms with E-state index in [1.54, 1.807) is 0 Å². The summed E-state index contributed by atoms with van der Waals surface area (Å²) >= 11 is 0. The number of amides is 1. The van der Waals surface area contributed by atoms with Crippen LogP contribution < -0.4 is 5.32 Å². The van der Waals surface area contributed by atoms with Gasteiger partial charge >= 0.3 is 0 Å².